The van der Waals surface area contributed by atoms with Gasteiger partial charge in [0.25, 0.3) is 5.91 Å². The molecule has 1 saturated heterocycles. The summed E-state index contributed by atoms with van der Waals surface area (Å²) in [6.45, 7) is 0. The lowest BCUT2D eigenvalue weighted by Gasteiger charge is -2.25. The Hall–Kier alpha value is -2.09. The van der Waals surface area contributed by atoms with E-state index in [0.717, 1.165) is 12.0 Å². The fourth-order valence-electron chi connectivity index (χ4n) is 3.58. The van der Waals surface area contributed by atoms with Gasteiger partial charge < -0.3 is 10.2 Å². The first-order chi connectivity index (χ1) is 11.8. The quantitative estimate of drug-likeness (QED) is 0.845. The molecule has 0 spiro atoms. The second-order valence-corrected chi connectivity index (χ2v) is 6.92. The zero-order valence-electron chi connectivity index (χ0n) is 13.2. The van der Waals surface area contributed by atoms with Crippen molar-refractivity contribution in [2.24, 2.45) is 5.92 Å². The third-order valence-electron chi connectivity index (χ3n) is 5.09. The van der Waals surface area contributed by atoms with Crippen molar-refractivity contribution < 1.29 is 27.6 Å². The van der Waals surface area contributed by atoms with Gasteiger partial charge in [0.1, 0.15) is 0 Å². The molecule has 1 aliphatic heterocycles. The summed E-state index contributed by atoms with van der Waals surface area (Å²) in [7, 11) is 0. The summed E-state index contributed by atoms with van der Waals surface area (Å²) in [5.41, 5.74) is 0.913. The zero-order chi connectivity index (χ0) is 17.8. The van der Waals surface area contributed by atoms with Gasteiger partial charge in [-0.1, -0.05) is 30.3 Å². The number of hydroxylamine groups is 2. The van der Waals surface area contributed by atoms with Crippen molar-refractivity contribution in [3.05, 3.63) is 35.9 Å². The molecule has 0 unspecified atom stereocenters. The molecule has 3 aliphatic rings. The lowest BCUT2D eigenvalue weighted by atomic mass is 10.1. The Bertz CT molecular complexity index is 684. The van der Waals surface area contributed by atoms with Crippen LogP contribution in [0.15, 0.2) is 30.3 Å². The highest BCUT2D eigenvalue weighted by Gasteiger charge is 2.55. The van der Waals surface area contributed by atoms with Gasteiger partial charge in [-0.2, -0.15) is 18.2 Å². The lowest BCUT2D eigenvalue weighted by molar-refractivity contribution is -0.239. The van der Waals surface area contributed by atoms with Gasteiger partial charge >= 0.3 is 12.1 Å². The Labute approximate surface area is 142 Å². The maximum Gasteiger partial charge on any atom is 0.493 e. The number of carbonyl (C=O) groups is 2. The van der Waals surface area contributed by atoms with E-state index in [1.807, 2.05) is 30.3 Å². The van der Waals surface area contributed by atoms with E-state index in [1.54, 1.807) is 0 Å². The molecule has 3 fully saturated rings. The summed E-state index contributed by atoms with van der Waals surface area (Å²) in [4.78, 5) is 28.4. The number of alkyl halides is 3. The van der Waals surface area contributed by atoms with Crippen LogP contribution in [-0.2, 0) is 14.4 Å². The van der Waals surface area contributed by atoms with Crippen molar-refractivity contribution in [1.82, 2.24) is 10.4 Å². The Morgan fingerprint density at radius 1 is 1.12 bits per heavy atom. The van der Waals surface area contributed by atoms with Gasteiger partial charge in [0, 0.05) is 12.0 Å². The van der Waals surface area contributed by atoms with Crippen molar-refractivity contribution in [3.63, 3.8) is 0 Å². The molecule has 134 valence electrons. The van der Waals surface area contributed by atoms with Crippen LogP contribution in [0.2, 0.25) is 0 Å². The topological polar surface area (TPSA) is 58.6 Å². The van der Waals surface area contributed by atoms with E-state index in [1.165, 1.54) is 0 Å². The van der Waals surface area contributed by atoms with Gasteiger partial charge in [-0.25, -0.2) is 4.79 Å². The molecule has 1 amide bonds. The van der Waals surface area contributed by atoms with Crippen LogP contribution in [0.1, 0.15) is 30.7 Å². The molecule has 1 N–H and O–H groups in total. The number of nitrogens with zero attached hydrogens (tertiary/aromatic N) is 1. The predicted molar refractivity (Wildman–Crippen MR) is 80.0 cm³/mol. The van der Waals surface area contributed by atoms with Crippen molar-refractivity contribution >= 4 is 11.9 Å². The van der Waals surface area contributed by atoms with Gasteiger partial charge in [0.2, 0.25) is 0 Å². The van der Waals surface area contributed by atoms with E-state index < -0.39 is 30.1 Å². The van der Waals surface area contributed by atoms with Gasteiger partial charge in [-0.05, 0) is 30.7 Å². The van der Waals surface area contributed by atoms with E-state index in [2.05, 4.69) is 10.2 Å². The summed E-state index contributed by atoms with van der Waals surface area (Å²) >= 11 is 0. The molecular weight excluding hydrogens is 337 g/mol. The van der Waals surface area contributed by atoms with Crippen molar-refractivity contribution in [2.75, 3.05) is 0 Å². The van der Waals surface area contributed by atoms with Gasteiger partial charge in [0.15, 0.2) is 0 Å². The fourth-order valence-corrected chi connectivity index (χ4v) is 3.58. The molecule has 4 rings (SSSR count). The number of fused-ring (bicyclic) bond motifs is 1. The van der Waals surface area contributed by atoms with Crippen molar-refractivity contribution in [3.8, 4) is 0 Å². The number of hydrogen-bond acceptors (Lipinski definition) is 4. The largest absolute Gasteiger partial charge is 0.493 e. The Morgan fingerprint density at radius 3 is 2.44 bits per heavy atom. The molecule has 2 aliphatic carbocycles. The number of amides is 1. The average Bonchev–Trinajstić information content (AvgIpc) is 3.49. The summed E-state index contributed by atoms with van der Waals surface area (Å²) in [6, 6.07) is 8.31. The van der Waals surface area contributed by atoms with Crippen LogP contribution in [0.5, 0.6) is 0 Å². The highest BCUT2D eigenvalue weighted by atomic mass is 19.4. The standard InChI is InChI=1S/C17H17F3N2O3/c18-17(19,20)16(24)25-22(15(23)13-7-10-6-12(10)21-13)14-8-11(14)9-4-2-1-3-5-9/h1-5,10-14,21H,6-8H2/t10-,11-,12-,13+,14+/m1/s1. The molecule has 25 heavy (non-hydrogen) atoms. The van der Waals surface area contributed by atoms with Crippen molar-refractivity contribution in [2.45, 2.75) is 49.5 Å². The van der Waals surface area contributed by atoms with Crippen molar-refractivity contribution in [1.29, 1.82) is 0 Å². The average molecular weight is 354 g/mol. The van der Waals surface area contributed by atoms with Crippen LogP contribution in [-0.4, -0.2) is 41.2 Å². The molecule has 0 bridgehead atoms. The third kappa shape index (κ3) is 3.22. The Morgan fingerprint density at radius 2 is 1.84 bits per heavy atom. The van der Waals surface area contributed by atoms with Crippen LogP contribution < -0.4 is 5.32 Å². The first kappa shape index (κ1) is 16.4. The minimum absolute atomic E-state index is 0.123. The molecule has 5 nitrogen and oxygen atoms in total. The number of hydrogen-bond donors (Lipinski definition) is 1. The predicted octanol–water partition coefficient (Wildman–Crippen LogP) is 2.14. The lowest BCUT2D eigenvalue weighted by Crippen LogP contribution is -2.48. The van der Waals surface area contributed by atoms with Crippen LogP contribution in [0.4, 0.5) is 13.2 Å². The van der Waals surface area contributed by atoms with Crippen LogP contribution >= 0.6 is 0 Å². The summed E-state index contributed by atoms with van der Waals surface area (Å²) in [6.07, 6.45) is -3.10. The Kier molecular flexibility index (Phi) is 3.75. The zero-order valence-corrected chi connectivity index (χ0v) is 13.2. The summed E-state index contributed by atoms with van der Waals surface area (Å²) in [5.74, 6) is -2.67. The first-order valence-electron chi connectivity index (χ1n) is 8.28. The monoisotopic (exact) mass is 354 g/mol. The van der Waals surface area contributed by atoms with Crippen LogP contribution in [0, 0.1) is 5.92 Å². The van der Waals surface area contributed by atoms with Gasteiger partial charge in [-0.15, -0.1) is 0 Å². The second kappa shape index (κ2) is 5.72. The fraction of sp³-hybridized carbons (Fsp3) is 0.529. The van der Waals surface area contributed by atoms with Crippen LogP contribution in [0.3, 0.4) is 0 Å². The van der Waals surface area contributed by atoms with Crippen LogP contribution in [0.25, 0.3) is 0 Å². The number of halogens is 3. The van der Waals surface area contributed by atoms with E-state index >= 15 is 0 Å². The highest BCUT2D eigenvalue weighted by molar-refractivity contribution is 5.85. The number of benzene rings is 1. The number of rotatable bonds is 3. The number of nitrogens with one attached hydrogen (secondary N) is 1. The minimum Gasteiger partial charge on any atom is -0.329 e. The maximum atomic E-state index is 12.7. The van der Waals surface area contributed by atoms with Gasteiger partial charge in [0.05, 0.1) is 12.1 Å². The maximum absolute atomic E-state index is 12.7. The molecule has 0 aromatic heterocycles. The molecule has 1 aromatic carbocycles. The summed E-state index contributed by atoms with van der Waals surface area (Å²) < 4.78 is 37.8. The molecule has 2 saturated carbocycles. The SMILES string of the molecule is O=C([C@@H]1C[C@H]2C[C@H]2N1)N(OC(=O)C(F)(F)F)[C@H]1C[C@@H]1c1ccccc1. The molecule has 8 heteroatoms. The molecule has 5 atom stereocenters. The Balaban J connectivity index is 1.50. The second-order valence-electron chi connectivity index (χ2n) is 6.92. The molecular formula is C17H17F3N2O3. The summed E-state index contributed by atoms with van der Waals surface area (Å²) in [5, 5.41) is 3.76. The first-order valence-corrected chi connectivity index (χ1v) is 8.28. The molecule has 0 radical (unpaired) electrons. The van der Waals surface area contributed by atoms with E-state index in [-0.39, 0.29) is 12.0 Å². The van der Waals surface area contributed by atoms with E-state index in [4.69, 9.17) is 0 Å². The molecule has 1 heterocycles. The number of carbonyl (C=O) groups excluding carboxylic acids is 2. The third-order valence-corrected chi connectivity index (χ3v) is 5.09. The van der Waals surface area contributed by atoms with E-state index in [9.17, 15) is 22.8 Å². The smallest absolute Gasteiger partial charge is 0.329 e. The number of piperidine rings is 1. The van der Waals surface area contributed by atoms with E-state index in [0.29, 0.717) is 23.8 Å². The molecule has 1 aromatic rings. The normalized spacial score (nSPS) is 32.7. The van der Waals surface area contributed by atoms with Gasteiger partial charge in [-0.3, -0.25) is 4.79 Å². The minimum atomic E-state index is -5.14. The highest BCUT2D eigenvalue weighted by Crippen LogP contribution is 2.47.